The van der Waals surface area contributed by atoms with Gasteiger partial charge in [0.25, 0.3) is 0 Å². The largest absolute Gasteiger partial charge is 2.00 e. The molecule has 0 unspecified atom stereocenters. The number of rotatable bonds is 2. The van der Waals surface area contributed by atoms with E-state index in [1.807, 2.05) is 116 Å². The van der Waals surface area contributed by atoms with Crippen LogP contribution in [0.5, 0.6) is 0 Å². The Morgan fingerprint density at radius 2 is 0.533 bits per heavy atom. The Kier molecular flexibility index (Phi) is 114. The summed E-state index contributed by atoms with van der Waals surface area (Å²) in [6.07, 6.45) is 34.8. The van der Waals surface area contributed by atoms with Crippen LogP contribution in [0.3, 0.4) is 0 Å². The maximum atomic E-state index is 11.6. The van der Waals surface area contributed by atoms with Gasteiger partial charge in [-0.1, -0.05) is 25.7 Å². The molecule has 60 heavy (non-hydrogen) atoms. The van der Waals surface area contributed by atoms with Gasteiger partial charge in [0.1, 0.15) is 5.78 Å². The molecule has 0 aliphatic heterocycles. The maximum absolute atomic E-state index is 11.6. The van der Waals surface area contributed by atoms with E-state index in [0.717, 1.165) is 11.8 Å². The van der Waals surface area contributed by atoms with Crippen molar-refractivity contribution in [3.63, 3.8) is 0 Å². The third-order valence-corrected chi connectivity index (χ3v) is 13.0. The minimum Gasteiger partial charge on any atom is -0.326 e. The average molecular weight is 1210 g/mol. The van der Waals surface area contributed by atoms with E-state index in [1.54, 1.807) is 0 Å². The van der Waals surface area contributed by atoms with Crippen molar-refractivity contribution in [3.8, 4) is 0 Å². The van der Waals surface area contributed by atoms with Gasteiger partial charge in [0, 0.05) is 45.4 Å². The second-order valence-electron chi connectivity index (χ2n) is 13.9. The van der Waals surface area contributed by atoms with Crippen LogP contribution >= 0.6 is 0 Å². The monoisotopic (exact) mass is 1210 g/mol. The van der Waals surface area contributed by atoms with Crippen LogP contribution in [0, 0.1) is 181 Å². The zero-order valence-electron chi connectivity index (χ0n) is 35.9. The van der Waals surface area contributed by atoms with Crippen LogP contribution in [0.4, 0.5) is 0 Å². The summed E-state index contributed by atoms with van der Waals surface area (Å²) in [5.41, 5.74) is 0. The van der Waals surface area contributed by atoms with E-state index in [4.69, 9.17) is 37.2 Å². The number of carbonyl (C=O) groups excluding carboxylic acids is 1. The second kappa shape index (κ2) is 71.9. The van der Waals surface area contributed by atoms with Crippen LogP contribution < -0.4 is 0 Å². The second-order valence-corrected chi connectivity index (χ2v) is 32.4. The number of carbonyl (C=O) groups is 1. The molecule has 0 aromatic rings. The predicted octanol–water partition coefficient (Wildman–Crippen LogP) is 9.35. The van der Waals surface area contributed by atoms with E-state index in [2.05, 4.69) is 136 Å². The molecular weight excluding hydrogens is 1150 g/mol. The quantitative estimate of drug-likeness (QED) is 0.150. The number of ketones is 1. The van der Waals surface area contributed by atoms with E-state index in [9.17, 15) is 4.79 Å². The first-order valence-corrected chi connectivity index (χ1v) is 21.5. The molecule has 4 aliphatic rings. The zero-order chi connectivity index (χ0) is 46.9. The van der Waals surface area contributed by atoms with Gasteiger partial charge in [-0.05, 0) is 51.4 Å². The Morgan fingerprint density at radius 3 is 0.617 bits per heavy atom. The van der Waals surface area contributed by atoms with Gasteiger partial charge in [-0.3, -0.25) is 4.79 Å². The van der Waals surface area contributed by atoms with Gasteiger partial charge in [-0.15, -0.1) is 0 Å². The molecule has 0 aromatic heterocycles. The van der Waals surface area contributed by atoms with Crippen molar-refractivity contribution in [1.29, 1.82) is 0 Å². The number of hydrogen-bond acceptors (Lipinski definition) is 1. The fraction of sp³-hybridized carbons (Fsp3) is 0.356. The van der Waals surface area contributed by atoms with E-state index in [0.29, 0.717) is 13.7 Å². The Labute approximate surface area is 431 Å². The first kappa shape index (κ1) is 95.5. The molecule has 22 radical (unpaired) electrons. The third kappa shape index (κ3) is 98.2. The molecule has 15 heteroatoms. The van der Waals surface area contributed by atoms with Crippen LogP contribution in [0.1, 0.15) is 83.1 Å². The molecular formula is C45H54Co2Fe2O9Sn2+4. The van der Waals surface area contributed by atoms with Crippen molar-refractivity contribution in [2.75, 3.05) is 0 Å². The van der Waals surface area contributed by atoms with Crippen LogP contribution in [-0.2, 0) is 110 Å². The Hall–Kier alpha value is 1.24. The molecule has 326 valence electrons. The Balaban J connectivity index is -0.0000000386. The van der Waals surface area contributed by atoms with Gasteiger partial charge in [0.05, 0.1) is 0 Å². The maximum Gasteiger partial charge on any atom is 2.00 e. The summed E-state index contributed by atoms with van der Waals surface area (Å²) in [4.78, 5) is 11.6. The fourth-order valence-corrected chi connectivity index (χ4v) is 17.0. The Morgan fingerprint density at radius 1 is 0.383 bits per heavy atom. The van der Waals surface area contributed by atoms with E-state index in [1.165, 1.54) is 0 Å². The molecule has 0 amide bonds. The van der Waals surface area contributed by atoms with Gasteiger partial charge in [-0.2, -0.15) is 25.7 Å². The molecule has 4 rings (SSSR count). The number of Topliss-reactive ketones (excluding diaryl/α,β-unsaturated/α-hetero) is 1. The summed E-state index contributed by atoms with van der Waals surface area (Å²) in [6.45, 7) is 64.4. The summed E-state index contributed by atoms with van der Waals surface area (Å²) in [7, 11) is 0. The van der Waals surface area contributed by atoms with Crippen LogP contribution in [-0.4, -0.2) is 48.1 Å². The van der Waals surface area contributed by atoms with Crippen molar-refractivity contribution >= 4 is 48.1 Å². The van der Waals surface area contributed by atoms with Crippen molar-refractivity contribution < 1.29 is 110 Å². The van der Waals surface area contributed by atoms with Gasteiger partial charge in [0.2, 0.25) is 0 Å². The van der Waals surface area contributed by atoms with E-state index in [-0.39, 0.29) is 116 Å². The summed E-state index contributed by atoms with van der Waals surface area (Å²) in [5.74, 6) is 1.63. The standard InChI is InChI=1S/C11H8O.2C5H5.4C4H9.8CO.2Co.2Fe.2Sn/c12-11(9-5-1-2-6-9)10-7-3-4-8-10;2*1-2-4-5-3-1;4*1-4(2)3;8*1-2;;;;;;/h1-8H;2*1-5H;4*1-3H3;;;;;;;;;;;;;;/q;2*-1;;;;;;;;;;;;;;;2*+2;2*+1. The van der Waals surface area contributed by atoms with Crippen molar-refractivity contribution in [2.45, 2.75) is 96.8 Å². The summed E-state index contributed by atoms with van der Waals surface area (Å²) >= 11 is -0.363. The molecule has 0 saturated heterocycles. The molecule has 9 nitrogen and oxygen atoms in total. The minimum absolute atomic E-state index is 0. The van der Waals surface area contributed by atoms with Crippen LogP contribution in [0.2, 0.25) is 13.7 Å². The molecule has 4 saturated carbocycles. The summed E-state index contributed by atoms with van der Waals surface area (Å²) < 4.78 is 62.6. The fourth-order valence-electron chi connectivity index (χ4n) is 4.11. The SMILES string of the molecule is C[C](C)(C)[Sn+][C](C)(C)C.C[C](C)(C)[Sn+][C](C)(C)C.O=C([C]1[CH][CH][CH][CH]1)[C]1[CH][CH][CH][CH]1.[C-]#[O+].[C-]#[O+].[C-]#[O+].[C-]#[O+].[C-]#[O+].[C-]#[O+].[C-]#[O+].[C-]#[O+].[CH]1[CH][CH][CH-][CH]1.[CH]1[CH][CH][CH-][CH]1.[Co].[Co].[Fe+2].[Fe+2]. The molecule has 0 N–H and O–H groups in total. The molecule has 4 aliphatic carbocycles. The normalized spacial score (nSPS) is 13.7. The van der Waals surface area contributed by atoms with Crippen molar-refractivity contribution in [2.24, 2.45) is 0 Å². The molecule has 0 atom stereocenters. The predicted molar refractivity (Wildman–Crippen MR) is 211 cm³/mol. The third-order valence-electron chi connectivity index (χ3n) is 4.46. The van der Waals surface area contributed by atoms with E-state index >= 15 is 0 Å². The van der Waals surface area contributed by atoms with Crippen LogP contribution in [0.25, 0.3) is 0 Å². The minimum atomic E-state index is -0.182. The van der Waals surface area contributed by atoms with Gasteiger partial charge < -0.3 is 12.8 Å². The molecule has 4 fully saturated rings. The smallest absolute Gasteiger partial charge is 0.326 e. The zero-order valence-corrected chi connectivity index (χ0v) is 45.9. The first-order chi connectivity index (χ1) is 26.3. The van der Waals surface area contributed by atoms with Gasteiger partial charge in [0.15, 0.2) is 0 Å². The molecule has 0 spiro atoms. The summed E-state index contributed by atoms with van der Waals surface area (Å²) in [5, 5.41) is 0. The summed E-state index contributed by atoms with van der Waals surface area (Å²) in [6, 6.07) is 0. The Bertz CT molecular complexity index is 819. The van der Waals surface area contributed by atoms with Crippen molar-refractivity contribution in [3.05, 3.63) is 181 Å². The molecule has 0 heterocycles. The van der Waals surface area contributed by atoms with Crippen molar-refractivity contribution in [1.82, 2.24) is 0 Å². The topological polar surface area (TPSA) is 176 Å². The average Bonchev–Trinajstić information content (AvgIpc) is 4.02. The first-order valence-electron chi connectivity index (χ1n) is 15.8. The van der Waals surface area contributed by atoms with Gasteiger partial charge >= 0.3 is 264 Å². The molecule has 0 aromatic carbocycles. The van der Waals surface area contributed by atoms with Crippen LogP contribution in [0.15, 0.2) is 0 Å². The van der Waals surface area contributed by atoms with Gasteiger partial charge in [-0.25, -0.2) is 0 Å². The number of hydrogen-bond donors (Lipinski definition) is 0. The van der Waals surface area contributed by atoms with E-state index < -0.39 is 0 Å². The molecule has 0 bridgehead atoms.